The molecule has 3 heteroatoms. The summed E-state index contributed by atoms with van der Waals surface area (Å²) in [6.07, 6.45) is 3.77. The van der Waals surface area contributed by atoms with Gasteiger partial charge in [0.15, 0.2) is 0 Å². The van der Waals surface area contributed by atoms with Crippen LogP contribution in [0.25, 0.3) is 0 Å². The van der Waals surface area contributed by atoms with Crippen molar-refractivity contribution >= 4 is 27.7 Å². The Labute approximate surface area is 112 Å². The van der Waals surface area contributed by atoms with E-state index < -0.39 is 0 Å². The Hall–Kier alpha value is 0.01000. The largest absolute Gasteiger partial charge is 0.317 e. The van der Waals surface area contributed by atoms with Gasteiger partial charge in [0.2, 0.25) is 0 Å². The normalized spacial score (nSPS) is 12.7. The van der Waals surface area contributed by atoms with E-state index >= 15 is 0 Å². The van der Waals surface area contributed by atoms with Crippen molar-refractivity contribution in [1.82, 2.24) is 5.32 Å². The maximum absolute atomic E-state index is 3.49. The predicted molar refractivity (Wildman–Crippen MR) is 77.2 cm³/mol. The molecule has 0 bridgehead atoms. The van der Waals surface area contributed by atoms with Crippen molar-refractivity contribution in [2.24, 2.45) is 0 Å². The molecule has 0 aliphatic rings. The van der Waals surface area contributed by atoms with Gasteiger partial charge in [-0.2, -0.15) is 0 Å². The van der Waals surface area contributed by atoms with Gasteiger partial charge in [-0.3, -0.25) is 0 Å². The van der Waals surface area contributed by atoms with Gasteiger partial charge in [0.05, 0.1) is 0 Å². The molecule has 1 atom stereocenters. The molecule has 0 heterocycles. The van der Waals surface area contributed by atoms with E-state index in [1.807, 2.05) is 11.8 Å². The fourth-order valence-corrected chi connectivity index (χ4v) is 3.11. The van der Waals surface area contributed by atoms with Crippen LogP contribution in [0.5, 0.6) is 0 Å². The molecule has 0 aliphatic carbocycles. The van der Waals surface area contributed by atoms with Crippen LogP contribution in [0.2, 0.25) is 0 Å². The molecule has 0 spiro atoms. The first kappa shape index (κ1) is 14.1. The summed E-state index contributed by atoms with van der Waals surface area (Å²) in [6, 6.07) is 9.20. The van der Waals surface area contributed by atoms with Gasteiger partial charge in [0.25, 0.3) is 0 Å². The molecular weight excluding hydrogens is 282 g/mol. The van der Waals surface area contributed by atoms with Crippen LogP contribution in [0.4, 0.5) is 0 Å². The predicted octanol–water partition coefficient (Wildman–Crippen LogP) is 4.32. The Kier molecular flexibility index (Phi) is 7.17. The van der Waals surface area contributed by atoms with Crippen LogP contribution in [0.15, 0.2) is 33.6 Å². The van der Waals surface area contributed by atoms with Gasteiger partial charge in [0.1, 0.15) is 0 Å². The third kappa shape index (κ3) is 5.37. The van der Waals surface area contributed by atoms with Gasteiger partial charge in [0, 0.05) is 15.4 Å². The zero-order chi connectivity index (χ0) is 11.8. The highest BCUT2D eigenvalue weighted by Gasteiger charge is 2.02. The fraction of sp³-hybridized carbons (Fsp3) is 0.538. The van der Waals surface area contributed by atoms with E-state index in [4.69, 9.17) is 0 Å². The molecule has 1 unspecified atom stereocenters. The van der Waals surface area contributed by atoms with E-state index in [1.54, 1.807) is 0 Å². The molecule has 1 rings (SSSR count). The first-order chi connectivity index (χ1) is 7.76. The van der Waals surface area contributed by atoms with Crippen LogP contribution in [-0.2, 0) is 0 Å². The molecule has 0 fully saturated rings. The molecule has 0 saturated carbocycles. The molecule has 0 saturated heterocycles. The zero-order valence-electron chi connectivity index (χ0n) is 10.0. The molecule has 90 valence electrons. The van der Waals surface area contributed by atoms with Crippen LogP contribution < -0.4 is 5.32 Å². The molecule has 1 aromatic rings. The number of hydrogen-bond donors (Lipinski definition) is 1. The van der Waals surface area contributed by atoms with E-state index in [9.17, 15) is 0 Å². The smallest absolute Gasteiger partial charge is 0.0186 e. The van der Waals surface area contributed by atoms with E-state index in [-0.39, 0.29) is 0 Å². The average Bonchev–Trinajstić information content (AvgIpc) is 2.29. The van der Waals surface area contributed by atoms with Crippen LogP contribution in [0.3, 0.4) is 0 Å². The Morgan fingerprint density at radius 3 is 2.88 bits per heavy atom. The maximum Gasteiger partial charge on any atom is 0.0186 e. The first-order valence-electron chi connectivity index (χ1n) is 5.82. The topological polar surface area (TPSA) is 12.0 Å². The summed E-state index contributed by atoms with van der Waals surface area (Å²) < 4.78 is 1.17. The van der Waals surface area contributed by atoms with Crippen molar-refractivity contribution in [3.8, 4) is 0 Å². The lowest BCUT2D eigenvalue weighted by atomic mass is 10.1. The highest BCUT2D eigenvalue weighted by atomic mass is 79.9. The second kappa shape index (κ2) is 8.15. The SMILES string of the molecule is CCC(CCCSc1cccc(Br)c1)NC. The average molecular weight is 302 g/mol. The third-order valence-electron chi connectivity index (χ3n) is 2.66. The van der Waals surface area contributed by atoms with Gasteiger partial charge in [-0.05, 0) is 50.3 Å². The van der Waals surface area contributed by atoms with Crippen molar-refractivity contribution in [2.75, 3.05) is 12.8 Å². The molecule has 1 N–H and O–H groups in total. The lowest BCUT2D eigenvalue weighted by Gasteiger charge is -2.12. The fourth-order valence-electron chi connectivity index (χ4n) is 1.63. The summed E-state index contributed by atoms with van der Waals surface area (Å²) in [5.74, 6) is 1.20. The number of hydrogen-bond acceptors (Lipinski definition) is 2. The molecule has 1 aromatic carbocycles. The van der Waals surface area contributed by atoms with E-state index in [1.165, 1.54) is 34.4 Å². The van der Waals surface area contributed by atoms with Crippen LogP contribution in [0.1, 0.15) is 26.2 Å². The summed E-state index contributed by atoms with van der Waals surface area (Å²) in [5, 5.41) is 3.34. The van der Waals surface area contributed by atoms with Crippen LogP contribution >= 0.6 is 27.7 Å². The van der Waals surface area contributed by atoms with Gasteiger partial charge < -0.3 is 5.32 Å². The Morgan fingerprint density at radius 1 is 1.44 bits per heavy atom. The maximum atomic E-state index is 3.49. The molecule has 16 heavy (non-hydrogen) atoms. The highest BCUT2D eigenvalue weighted by Crippen LogP contribution is 2.23. The van der Waals surface area contributed by atoms with Gasteiger partial charge in [-0.1, -0.05) is 28.9 Å². The van der Waals surface area contributed by atoms with Crippen molar-refractivity contribution in [3.05, 3.63) is 28.7 Å². The van der Waals surface area contributed by atoms with Crippen molar-refractivity contribution in [3.63, 3.8) is 0 Å². The lowest BCUT2D eigenvalue weighted by Crippen LogP contribution is -2.23. The van der Waals surface area contributed by atoms with Gasteiger partial charge in [-0.15, -0.1) is 11.8 Å². The number of rotatable bonds is 7. The molecule has 0 aromatic heterocycles. The Morgan fingerprint density at radius 2 is 2.25 bits per heavy atom. The summed E-state index contributed by atoms with van der Waals surface area (Å²) in [7, 11) is 2.05. The minimum Gasteiger partial charge on any atom is -0.317 e. The third-order valence-corrected chi connectivity index (χ3v) is 4.24. The molecule has 0 radical (unpaired) electrons. The quantitative estimate of drug-likeness (QED) is 0.594. The number of nitrogens with one attached hydrogen (secondary N) is 1. The zero-order valence-corrected chi connectivity index (χ0v) is 12.4. The molecule has 0 amide bonds. The van der Waals surface area contributed by atoms with Crippen LogP contribution in [0, 0.1) is 0 Å². The molecular formula is C13H20BrNS. The van der Waals surface area contributed by atoms with Crippen molar-refractivity contribution in [1.29, 1.82) is 0 Å². The van der Waals surface area contributed by atoms with E-state index in [0.717, 1.165) is 0 Å². The van der Waals surface area contributed by atoms with Gasteiger partial charge in [-0.25, -0.2) is 0 Å². The van der Waals surface area contributed by atoms with E-state index in [2.05, 4.69) is 59.5 Å². The summed E-state index contributed by atoms with van der Waals surface area (Å²) in [5.41, 5.74) is 0. The first-order valence-corrected chi connectivity index (χ1v) is 7.59. The second-order valence-corrected chi connectivity index (χ2v) is 5.93. The monoisotopic (exact) mass is 301 g/mol. The lowest BCUT2D eigenvalue weighted by molar-refractivity contribution is 0.504. The van der Waals surface area contributed by atoms with E-state index in [0.29, 0.717) is 6.04 Å². The highest BCUT2D eigenvalue weighted by molar-refractivity contribution is 9.10. The van der Waals surface area contributed by atoms with Crippen molar-refractivity contribution in [2.45, 2.75) is 37.1 Å². The van der Waals surface area contributed by atoms with Crippen molar-refractivity contribution < 1.29 is 0 Å². The molecule has 0 aliphatic heterocycles. The Bertz CT molecular complexity index is 300. The number of benzene rings is 1. The minimum absolute atomic E-state index is 0.683. The standard InChI is InChI=1S/C13H20BrNS/c1-3-12(15-2)7-5-9-16-13-8-4-6-11(14)10-13/h4,6,8,10,12,15H,3,5,7,9H2,1-2H3. The minimum atomic E-state index is 0.683. The Balaban J connectivity index is 2.20. The summed E-state index contributed by atoms with van der Waals surface area (Å²) in [6.45, 7) is 2.24. The molecule has 1 nitrogen and oxygen atoms in total. The van der Waals surface area contributed by atoms with Crippen LogP contribution in [-0.4, -0.2) is 18.8 Å². The second-order valence-electron chi connectivity index (χ2n) is 3.84. The summed E-state index contributed by atoms with van der Waals surface area (Å²) in [4.78, 5) is 1.35. The van der Waals surface area contributed by atoms with Gasteiger partial charge >= 0.3 is 0 Å². The summed E-state index contributed by atoms with van der Waals surface area (Å²) >= 11 is 5.43. The number of thioether (sulfide) groups is 1. The number of halogens is 1.